The van der Waals surface area contributed by atoms with Crippen molar-refractivity contribution >= 4 is 32.6 Å². The first-order valence-corrected chi connectivity index (χ1v) is 9.81. The third-order valence-electron chi connectivity index (χ3n) is 4.42. The van der Waals surface area contributed by atoms with Crippen molar-refractivity contribution in [1.29, 1.82) is 0 Å². The van der Waals surface area contributed by atoms with Crippen LogP contribution in [0.25, 0.3) is 10.2 Å². The molecule has 0 aliphatic heterocycles. The standard InChI is InChI=1S/C20H18F2N2O4S/c1-26-14-3-2-4-16-17(14)23-20(29-16)24-18(25)12-7-8-13(28-19(21)22)15(9-12)27-10-11-5-6-11/h2-4,7-9,11,19H,5-6,10H2,1H3,(H,23,24,25). The zero-order valence-electron chi connectivity index (χ0n) is 15.5. The highest BCUT2D eigenvalue weighted by atomic mass is 32.1. The normalized spacial score (nSPS) is 13.5. The quantitative estimate of drug-likeness (QED) is 0.559. The first-order chi connectivity index (χ1) is 14.0. The number of alkyl halides is 2. The zero-order valence-corrected chi connectivity index (χ0v) is 16.3. The number of nitrogens with zero attached hydrogens (tertiary/aromatic N) is 1. The lowest BCUT2D eigenvalue weighted by atomic mass is 10.2. The third kappa shape index (κ3) is 4.56. The number of anilines is 1. The maximum absolute atomic E-state index is 12.7. The predicted octanol–water partition coefficient (Wildman–Crippen LogP) is 4.95. The zero-order chi connectivity index (χ0) is 20.4. The molecule has 1 aliphatic carbocycles. The Bertz CT molecular complexity index is 1040. The second-order valence-electron chi connectivity index (χ2n) is 6.57. The number of nitrogens with one attached hydrogen (secondary N) is 1. The topological polar surface area (TPSA) is 69.7 Å². The first-order valence-electron chi connectivity index (χ1n) is 9.00. The molecule has 1 N–H and O–H groups in total. The van der Waals surface area contributed by atoms with Crippen LogP contribution in [0.3, 0.4) is 0 Å². The number of carbonyl (C=O) groups is 1. The van der Waals surface area contributed by atoms with Gasteiger partial charge in [0.2, 0.25) is 0 Å². The van der Waals surface area contributed by atoms with Gasteiger partial charge < -0.3 is 14.2 Å². The number of thiazole rings is 1. The molecule has 0 spiro atoms. The van der Waals surface area contributed by atoms with Crippen LogP contribution in [0, 0.1) is 5.92 Å². The fraction of sp³-hybridized carbons (Fsp3) is 0.300. The van der Waals surface area contributed by atoms with Gasteiger partial charge in [0.15, 0.2) is 16.6 Å². The van der Waals surface area contributed by atoms with Gasteiger partial charge in [0, 0.05) is 5.56 Å². The lowest BCUT2D eigenvalue weighted by molar-refractivity contribution is -0.0515. The maximum Gasteiger partial charge on any atom is 0.387 e. The molecule has 1 fully saturated rings. The highest BCUT2D eigenvalue weighted by molar-refractivity contribution is 7.22. The summed E-state index contributed by atoms with van der Waals surface area (Å²) in [4.78, 5) is 17.1. The van der Waals surface area contributed by atoms with Crippen LogP contribution in [0.2, 0.25) is 0 Å². The minimum atomic E-state index is -2.98. The SMILES string of the molecule is COc1cccc2sc(NC(=O)c3ccc(OC(F)F)c(OCC4CC4)c3)nc12. The van der Waals surface area contributed by atoms with Crippen LogP contribution >= 0.6 is 11.3 Å². The number of aromatic nitrogens is 1. The van der Waals surface area contributed by atoms with Gasteiger partial charge in [-0.1, -0.05) is 17.4 Å². The molecule has 29 heavy (non-hydrogen) atoms. The Balaban J connectivity index is 1.55. The van der Waals surface area contributed by atoms with Crippen molar-refractivity contribution in [2.24, 2.45) is 5.92 Å². The highest BCUT2D eigenvalue weighted by Gasteiger charge is 2.23. The number of halogens is 2. The van der Waals surface area contributed by atoms with E-state index in [1.54, 1.807) is 13.2 Å². The van der Waals surface area contributed by atoms with Crippen LogP contribution in [0.4, 0.5) is 13.9 Å². The molecule has 0 unspecified atom stereocenters. The average Bonchev–Trinajstić information content (AvgIpc) is 3.44. The summed E-state index contributed by atoms with van der Waals surface area (Å²) in [6.45, 7) is -2.57. The summed E-state index contributed by atoms with van der Waals surface area (Å²) < 4.78 is 41.6. The predicted molar refractivity (Wildman–Crippen MR) is 105 cm³/mol. The number of hydrogen-bond donors (Lipinski definition) is 1. The maximum atomic E-state index is 12.7. The molecular weight excluding hydrogens is 402 g/mol. The van der Waals surface area contributed by atoms with Gasteiger partial charge in [0.25, 0.3) is 5.91 Å². The van der Waals surface area contributed by atoms with Crippen molar-refractivity contribution in [3.05, 3.63) is 42.0 Å². The summed E-state index contributed by atoms with van der Waals surface area (Å²) in [5, 5.41) is 3.14. The van der Waals surface area contributed by atoms with Crippen LogP contribution in [-0.4, -0.2) is 31.2 Å². The molecule has 2 aromatic carbocycles. The summed E-state index contributed by atoms with van der Waals surface area (Å²) in [6, 6.07) is 9.64. The van der Waals surface area contributed by atoms with Crippen molar-refractivity contribution in [2.45, 2.75) is 19.5 Å². The number of methoxy groups -OCH3 is 1. The fourth-order valence-electron chi connectivity index (χ4n) is 2.76. The number of ether oxygens (including phenoxy) is 3. The third-order valence-corrected chi connectivity index (χ3v) is 5.35. The fourth-order valence-corrected chi connectivity index (χ4v) is 3.64. The van der Waals surface area contributed by atoms with E-state index >= 15 is 0 Å². The van der Waals surface area contributed by atoms with Crippen LogP contribution < -0.4 is 19.5 Å². The molecule has 1 aliphatic rings. The number of amides is 1. The molecule has 9 heteroatoms. The van der Waals surface area contributed by atoms with Crippen molar-refractivity contribution in [3.63, 3.8) is 0 Å². The Kier molecular flexibility index (Phi) is 5.48. The Morgan fingerprint density at radius 2 is 2.07 bits per heavy atom. The van der Waals surface area contributed by atoms with E-state index in [0.717, 1.165) is 17.5 Å². The van der Waals surface area contributed by atoms with E-state index in [-0.39, 0.29) is 17.1 Å². The monoisotopic (exact) mass is 420 g/mol. The number of benzene rings is 2. The Labute approximate surface area is 169 Å². The minimum absolute atomic E-state index is 0.0954. The van der Waals surface area contributed by atoms with E-state index in [1.165, 1.54) is 29.5 Å². The number of para-hydroxylation sites is 1. The van der Waals surface area contributed by atoms with Crippen LogP contribution in [-0.2, 0) is 0 Å². The van der Waals surface area contributed by atoms with Gasteiger partial charge in [-0.3, -0.25) is 10.1 Å². The van der Waals surface area contributed by atoms with Gasteiger partial charge in [-0.2, -0.15) is 8.78 Å². The summed E-state index contributed by atoms with van der Waals surface area (Å²) in [5.74, 6) is 0.633. The van der Waals surface area contributed by atoms with Gasteiger partial charge in [-0.05, 0) is 49.1 Å². The van der Waals surface area contributed by atoms with E-state index in [2.05, 4.69) is 15.0 Å². The van der Waals surface area contributed by atoms with Gasteiger partial charge in [0.1, 0.15) is 11.3 Å². The number of carbonyl (C=O) groups excluding carboxylic acids is 1. The molecule has 3 aromatic rings. The van der Waals surface area contributed by atoms with Crippen LogP contribution in [0.5, 0.6) is 17.2 Å². The first kappa shape index (κ1) is 19.4. The van der Waals surface area contributed by atoms with Gasteiger partial charge in [-0.15, -0.1) is 0 Å². The molecule has 152 valence electrons. The van der Waals surface area contributed by atoms with Gasteiger partial charge in [-0.25, -0.2) is 4.98 Å². The summed E-state index contributed by atoms with van der Waals surface area (Å²) in [5.41, 5.74) is 0.910. The van der Waals surface area contributed by atoms with E-state index < -0.39 is 12.5 Å². The number of rotatable bonds is 8. The van der Waals surface area contributed by atoms with Crippen molar-refractivity contribution in [2.75, 3.05) is 19.0 Å². The molecular formula is C20H18F2N2O4S. The van der Waals surface area contributed by atoms with E-state index in [4.69, 9.17) is 9.47 Å². The van der Waals surface area contributed by atoms with E-state index in [1.807, 2.05) is 12.1 Å². The lowest BCUT2D eigenvalue weighted by Crippen LogP contribution is -2.13. The molecule has 4 rings (SSSR count). The average molecular weight is 420 g/mol. The van der Waals surface area contributed by atoms with E-state index in [9.17, 15) is 13.6 Å². The molecule has 1 heterocycles. The molecule has 1 saturated carbocycles. The molecule has 1 amide bonds. The summed E-state index contributed by atoms with van der Waals surface area (Å²) in [6.07, 6.45) is 2.10. The number of hydrogen-bond acceptors (Lipinski definition) is 6. The van der Waals surface area contributed by atoms with Crippen LogP contribution in [0.15, 0.2) is 36.4 Å². The highest BCUT2D eigenvalue weighted by Crippen LogP contribution is 2.35. The molecule has 1 aromatic heterocycles. The van der Waals surface area contributed by atoms with Crippen LogP contribution in [0.1, 0.15) is 23.2 Å². The Hall–Kier alpha value is -2.94. The summed E-state index contributed by atoms with van der Waals surface area (Å²) >= 11 is 1.31. The summed E-state index contributed by atoms with van der Waals surface area (Å²) in [7, 11) is 1.55. The molecule has 6 nitrogen and oxygen atoms in total. The molecule has 0 radical (unpaired) electrons. The van der Waals surface area contributed by atoms with Crippen molar-refractivity contribution in [3.8, 4) is 17.2 Å². The van der Waals surface area contributed by atoms with Gasteiger partial charge >= 0.3 is 6.61 Å². The van der Waals surface area contributed by atoms with E-state index in [0.29, 0.717) is 28.9 Å². The molecule has 0 atom stereocenters. The molecule has 0 saturated heterocycles. The Morgan fingerprint density at radius 3 is 2.79 bits per heavy atom. The second kappa shape index (κ2) is 8.20. The van der Waals surface area contributed by atoms with Crippen molar-refractivity contribution < 1.29 is 27.8 Å². The molecule has 0 bridgehead atoms. The van der Waals surface area contributed by atoms with Crippen molar-refractivity contribution in [1.82, 2.24) is 4.98 Å². The second-order valence-corrected chi connectivity index (χ2v) is 7.61. The largest absolute Gasteiger partial charge is 0.494 e. The minimum Gasteiger partial charge on any atom is -0.494 e. The number of fused-ring (bicyclic) bond motifs is 1. The van der Waals surface area contributed by atoms with Gasteiger partial charge in [0.05, 0.1) is 18.4 Å². The lowest BCUT2D eigenvalue weighted by Gasteiger charge is -2.13. The Morgan fingerprint density at radius 1 is 1.24 bits per heavy atom. The smallest absolute Gasteiger partial charge is 0.387 e.